The predicted molar refractivity (Wildman–Crippen MR) is 97.6 cm³/mol. The van der Waals surface area contributed by atoms with Crippen LogP contribution in [0.4, 0.5) is 0 Å². The van der Waals surface area contributed by atoms with Crippen LogP contribution in [-0.2, 0) is 0 Å². The first-order chi connectivity index (χ1) is 10.0. The fraction of sp³-hybridized carbons (Fsp3) is 0.765. The fourth-order valence-corrected chi connectivity index (χ4v) is 3.29. The number of hydrogen-bond donors (Lipinski definition) is 1. The van der Waals surface area contributed by atoms with Crippen LogP contribution in [-0.4, -0.2) is 49.1 Å². The first kappa shape index (κ1) is 18.4. The van der Waals surface area contributed by atoms with Crippen molar-refractivity contribution in [1.82, 2.24) is 0 Å². The molecule has 3 unspecified atom stereocenters. The van der Waals surface area contributed by atoms with E-state index in [4.69, 9.17) is 0 Å². The van der Waals surface area contributed by atoms with Crippen molar-refractivity contribution < 1.29 is 4.48 Å². The van der Waals surface area contributed by atoms with E-state index in [0.29, 0.717) is 11.9 Å². The molecule has 0 aromatic carbocycles. The second-order valence-electron chi connectivity index (χ2n) is 6.67. The minimum absolute atomic E-state index is 0.0508. The van der Waals surface area contributed by atoms with Crippen molar-refractivity contribution in [3.63, 3.8) is 0 Å². The molecule has 3 nitrogen and oxygen atoms in total. The zero-order chi connectivity index (χ0) is 15.7. The van der Waals surface area contributed by atoms with Gasteiger partial charge in [0.25, 0.3) is 0 Å². The standard InChI is InChI=1S/C17H31N3S/c1-5-12-19-17(13-18-14-21)20(3,4)16-9-7-6-8-15(2)10-11-16/h5,12-13,15-17H,1,6-11,14H2,2-4H3/p+1. The van der Waals surface area contributed by atoms with Gasteiger partial charge in [0.15, 0.2) is 0 Å². The van der Waals surface area contributed by atoms with Crippen LogP contribution in [0.25, 0.3) is 0 Å². The SMILES string of the molecule is C=CC=NC(C=NCS)[N+](C)(C)C1CCCCC(C)CC1. The molecule has 120 valence electrons. The lowest BCUT2D eigenvalue weighted by Crippen LogP contribution is -2.56. The Morgan fingerprint density at radius 1 is 1.24 bits per heavy atom. The van der Waals surface area contributed by atoms with Crippen molar-refractivity contribution in [2.45, 2.75) is 57.7 Å². The Bertz CT molecular complexity index is 363. The highest BCUT2D eigenvalue weighted by atomic mass is 32.1. The van der Waals surface area contributed by atoms with Gasteiger partial charge in [-0.05, 0) is 31.6 Å². The van der Waals surface area contributed by atoms with Crippen LogP contribution in [0.2, 0.25) is 0 Å². The summed E-state index contributed by atoms with van der Waals surface area (Å²) in [5.74, 6) is 1.37. The molecular formula is C17H32N3S+. The third-order valence-corrected chi connectivity index (χ3v) is 4.93. The van der Waals surface area contributed by atoms with Gasteiger partial charge >= 0.3 is 0 Å². The van der Waals surface area contributed by atoms with Crippen molar-refractivity contribution in [2.75, 3.05) is 20.0 Å². The van der Waals surface area contributed by atoms with E-state index >= 15 is 0 Å². The number of quaternary nitrogens is 1. The summed E-state index contributed by atoms with van der Waals surface area (Å²) < 4.78 is 0.869. The van der Waals surface area contributed by atoms with Crippen LogP contribution in [0.15, 0.2) is 22.6 Å². The average molecular weight is 311 g/mol. The lowest BCUT2D eigenvalue weighted by Gasteiger charge is -2.42. The van der Waals surface area contributed by atoms with Crippen LogP contribution >= 0.6 is 12.6 Å². The van der Waals surface area contributed by atoms with Gasteiger partial charge in [-0.3, -0.25) is 4.99 Å². The van der Waals surface area contributed by atoms with Gasteiger partial charge in [-0.2, -0.15) is 12.6 Å². The number of allylic oxidation sites excluding steroid dienone is 1. The third-order valence-electron chi connectivity index (χ3n) is 4.76. The maximum Gasteiger partial charge on any atom is 0.218 e. The van der Waals surface area contributed by atoms with E-state index in [2.05, 4.69) is 50.2 Å². The van der Waals surface area contributed by atoms with Gasteiger partial charge in [0, 0.05) is 6.21 Å². The summed E-state index contributed by atoms with van der Waals surface area (Å²) in [7, 11) is 4.57. The number of hydrogen-bond acceptors (Lipinski definition) is 3. The molecule has 0 radical (unpaired) electrons. The van der Waals surface area contributed by atoms with Gasteiger partial charge in [0.1, 0.15) is 0 Å². The van der Waals surface area contributed by atoms with Crippen molar-refractivity contribution in [2.24, 2.45) is 15.9 Å². The molecule has 0 aromatic rings. The Morgan fingerprint density at radius 3 is 2.62 bits per heavy atom. The van der Waals surface area contributed by atoms with Crippen molar-refractivity contribution in [1.29, 1.82) is 0 Å². The lowest BCUT2D eigenvalue weighted by molar-refractivity contribution is -0.928. The van der Waals surface area contributed by atoms with Crippen LogP contribution in [0.5, 0.6) is 0 Å². The van der Waals surface area contributed by atoms with E-state index in [0.717, 1.165) is 10.4 Å². The molecule has 4 heteroatoms. The van der Waals surface area contributed by atoms with Gasteiger partial charge in [-0.15, -0.1) is 0 Å². The molecule has 1 aliphatic carbocycles. The molecule has 1 rings (SSSR count). The quantitative estimate of drug-likeness (QED) is 0.436. The molecule has 0 bridgehead atoms. The van der Waals surface area contributed by atoms with Gasteiger partial charge in [0.05, 0.1) is 32.2 Å². The Labute approximate surface area is 136 Å². The molecule has 1 fully saturated rings. The summed E-state index contributed by atoms with van der Waals surface area (Å²) in [5, 5.41) is 0. The maximum atomic E-state index is 4.65. The molecule has 0 aromatic heterocycles. The topological polar surface area (TPSA) is 24.7 Å². The van der Waals surface area contributed by atoms with E-state index in [9.17, 15) is 0 Å². The molecule has 0 saturated heterocycles. The monoisotopic (exact) mass is 310 g/mol. The number of rotatable bonds is 6. The van der Waals surface area contributed by atoms with E-state index in [1.807, 2.05) is 6.21 Å². The largest absolute Gasteiger partial charge is 0.300 e. The lowest BCUT2D eigenvalue weighted by atomic mass is 9.88. The zero-order valence-corrected chi connectivity index (χ0v) is 14.8. The van der Waals surface area contributed by atoms with Gasteiger partial charge < -0.3 is 4.48 Å². The van der Waals surface area contributed by atoms with Gasteiger partial charge in [-0.25, -0.2) is 4.99 Å². The summed E-state index contributed by atoms with van der Waals surface area (Å²) in [5.41, 5.74) is 0. The number of nitrogens with zero attached hydrogens (tertiary/aromatic N) is 3. The van der Waals surface area contributed by atoms with Crippen molar-refractivity contribution >= 4 is 25.1 Å². The second-order valence-corrected chi connectivity index (χ2v) is 6.95. The van der Waals surface area contributed by atoms with E-state index in [-0.39, 0.29) is 6.17 Å². The summed E-state index contributed by atoms with van der Waals surface area (Å²) in [6.07, 6.45) is 13.5. The third kappa shape index (κ3) is 5.95. The van der Waals surface area contributed by atoms with E-state index < -0.39 is 0 Å². The first-order valence-electron chi connectivity index (χ1n) is 8.10. The van der Waals surface area contributed by atoms with Crippen LogP contribution in [0, 0.1) is 5.92 Å². The Kier molecular flexibility index (Phi) is 8.27. The Hall–Kier alpha value is -0.610. The van der Waals surface area contributed by atoms with E-state index in [1.165, 1.54) is 38.5 Å². The molecule has 0 heterocycles. The summed E-state index contributed by atoms with van der Waals surface area (Å²) in [6, 6.07) is 0.645. The van der Waals surface area contributed by atoms with Crippen LogP contribution in [0.3, 0.4) is 0 Å². The highest BCUT2D eigenvalue weighted by molar-refractivity contribution is 7.80. The average Bonchev–Trinajstić information content (AvgIpc) is 2.42. The minimum Gasteiger partial charge on any atom is -0.300 e. The molecule has 1 aliphatic rings. The molecule has 0 amide bonds. The second kappa shape index (κ2) is 9.42. The van der Waals surface area contributed by atoms with Crippen molar-refractivity contribution in [3.8, 4) is 0 Å². The predicted octanol–water partition coefficient (Wildman–Crippen LogP) is 3.96. The maximum absolute atomic E-state index is 4.65. The van der Waals surface area contributed by atoms with Crippen LogP contribution < -0.4 is 0 Å². The first-order valence-corrected chi connectivity index (χ1v) is 8.74. The van der Waals surface area contributed by atoms with Gasteiger partial charge in [0.2, 0.25) is 6.17 Å². The smallest absolute Gasteiger partial charge is 0.218 e. The molecule has 0 N–H and O–H groups in total. The molecular weight excluding hydrogens is 278 g/mol. The van der Waals surface area contributed by atoms with Crippen molar-refractivity contribution in [3.05, 3.63) is 12.7 Å². The summed E-state index contributed by atoms with van der Waals surface area (Å²) >= 11 is 4.18. The van der Waals surface area contributed by atoms with Gasteiger partial charge in [-0.1, -0.05) is 32.4 Å². The minimum atomic E-state index is 0.0508. The number of thiol groups is 1. The number of aliphatic imine (C=N–C) groups is 2. The highest BCUT2D eigenvalue weighted by Crippen LogP contribution is 2.29. The molecule has 0 aliphatic heterocycles. The Balaban J connectivity index is 2.87. The normalized spacial score (nSPS) is 26.7. The molecule has 1 saturated carbocycles. The molecule has 21 heavy (non-hydrogen) atoms. The van der Waals surface area contributed by atoms with E-state index in [1.54, 1.807) is 12.3 Å². The van der Waals surface area contributed by atoms with Crippen LogP contribution in [0.1, 0.15) is 45.4 Å². The zero-order valence-electron chi connectivity index (χ0n) is 13.9. The molecule has 3 atom stereocenters. The Morgan fingerprint density at radius 2 is 1.95 bits per heavy atom. The summed E-state index contributed by atoms with van der Waals surface area (Å²) in [6.45, 7) is 6.12. The highest BCUT2D eigenvalue weighted by Gasteiger charge is 2.35. The summed E-state index contributed by atoms with van der Waals surface area (Å²) in [4.78, 5) is 8.96. The fourth-order valence-electron chi connectivity index (χ4n) is 3.19. The molecule has 0 spiro atoms.